The summed E-state index contributed by atoms with van der Waals surface area (Å²) in [5.41, 5.74) is 3.87. The van der Waals surface area contributed by atoms with Crippen molar-refractivity contribution < 1.29 is 19.0 Å². The molecule has 0 saturated heterocycles. The highest BCUT2D eigenvalue weighted by Crippen LogP contribution is 2.47. The lowest BCUT2D eigenvalue weighted by molar-refractivity contribution is -0.116. The predicted molar refractivity (Wildman–Crippen MR) is 116 cm³/mol. The number of carbonyl (C=O) groups excluding carboxylic acids is 1. The lowest BCUT2D eigenvalue weighted by Crippen LogP contribution is -2.31. The maximum absolute atomic E-state index is 13.4. The van der Waals surface area contributed by atoms with Crippen LogP contribution in [-0.2, 0) is 4.79 Å². The highest BCUT2D eigenvalue weighted by molar-refractivity contribution is 6.00. The van der Waals surface area contributed by atoms with Gasteiger partial charge in [0.1, 0.15) is 0 Å². The van der Waals surface area contributed by atoms with E-state index < -0.39 is 5.92 Å². The zero-order chi connectivity index (χ0) is 22.0. The molecule has 2 aromatic rings. The number of methoxy groups -OCH3 is 3. The second-order valence-corrected chi connectivity index (χ2v) is 7.58. The lowest BCUT2D eigenvalue weighted by atomic mass is 9.73. The van der Waals surface area contributed by atoms with Gasteiger partial charge in [-0.15, -0.1) is 0 Å². The molecule has 6 nitrogen and oxygen atoms in total. The fourth-order valence-electron chi connectivity index (χ4n) is 4.48. The molecule has 0 amide bonds. The molecule has 1 heterocycles. The molecule has 0 fully saturated rings. The summed E-state index contributed by atoms with van der Waals surface area (Å²) in [5.74, 6) is 1.11. The van der Waals surface area contributed by atoms with Crippen molar-refractivity contribution in [1.82, 2.24) is 5.32 Å². The lowest BCUT2D eigenvalue weighted by Gasteiger charge is -2.34. The first kappa shape index (κ1) is 20.5. The molecular formula is C25H24N2O4. The number of nitrogens with zero attached hydrogens (tertiary/aromatic N) is 1. The second kappa shape index (κ2) is 8.57. The summed E-state index contributed by atoms with van der Waals surface area (Å²) in [6.07, 6.45) is 2.82. The van der Waals surface area contributed by atoms with Gasteiger partial charge in [-0.3, -0.25) is 4.79 Å². The fourth-order valence-corrected chi connectivity index (χ4v) is 4.48. The summed E-state index contributed by atoms with van der Waals surface area (Å²) >= 11 is 0. The van der Waals surface area contributed by atoms with Crippen molar-refractivity contribution in [3.8, 4) is 23.3 Å². The number of ether oxygens (including phenoxy) is 3. The Morgan fingerprint density at radius 1 is 0.968 bits per heavy atom. The highest BCUT2D eigenvalue weighted by atomic mass is 16.5. The summed E-state index contributed by atoms with van der Waals surface area (Å²) in [4.78, 5) is 13.4. The van der Waals surface area contributed by atoms with Crippen LogP contribution in [0.15, 0.2) is 65.5 Å². The Kier molecular flexibility index (Phi) is 5.68. The van der Waals surface area contributed by atoms with Crippen molar-refractivity contribution in [3.05, 3.63) is 76.6 Å². The van der Waals surface area contributed by atoms with E-state index in [0.717, 1.165) is 16.8 Å². The third-order valence-electron chi connectivity index (χ3n) is 5.93. The van der Waals surface area contributed by atoms with Crippen LogP contribution in [0.25, 0.3) is 0 Å². The molecule has 1 aliphatic carbocycles. The molecule has 158 valence electrons. The number of carbonyl (C=O) groups is 1. The number of nitriles is 1. The van der Waals surface area contributed by atoms with Gasteiger partial charge in [0.2, 0.25) is 5.75 Å². The van der Waals surface area contributed by atoms with E-state index in [-0.39, 0.29) is 11.7 Å². The number of hydrogen-bond donors (Lipinski definition) is 1. The first-order valence-electron chi connectivity index (χ1n) is 10.1. The maximum atomic E-state index is 13.4. The van der Waals surface area contributed by atoms with Gasteiger partial charge in [-0.05, 0) is 35.6 Å². The Labute approximate surface area is 181 Å². The molecule has 2 atom stereocenters. The Hall–Kier alpha value is -3.72. The van der Waals surface area contributed by atoms with Gasteiger partial charge in [0.25, 0.3) is 0 Å². The largest absolute Gasteiger partial charge is 0.493 e. The van der Waals surface area contributed by atoms with Crippen LogP contribution < -0.4 is 19.5 Å². The van der Waals surface area contributed by atoms with Crippen LogP contribution in [0.5, 0.6) is 17.2 Å². The molecule has 4 rings (SSSR count). The Balaban J connectivity index is 1.81. The number of allylic oxidation sites excluding steroid dienone is 3. The van der Waals surface area contributed by atoms with Crippen LogP contribution in [0.1, 0.15) is 35.8 Å². The summed E-state index contributed by atoms with van der Waals surface area (Å²) in [5, 5.41) is 13.0. The van der Waals surface area contributed by atoms with Crippen molar-refractivity contribution in [2.75, 3.05) is 21.3 Å². The molecule has 2 aliphatic rings. The van der Waals surface area contributed by atoms with Crippen molar-refractivity contribution in [2.45, 2.75) is 24.7 Å². The van der Waals surface area contributed by atoms with Gasteiger partial charge < -0.3 is 19.5 Å². The summed E-state index contributed by atoms with van der Waals surface area (Å²) in [6, 6.07) is 15.9. The standard InChI is InChI=1S/C25H24N2O4/c1-29-21-11-17(12-22(30-2)25(21)31-3)23-18(13-26)14-27-19-9-16(10-20(28)24(19)23)15-7-5-4-6-8-15/h4-8,11-12,14,16,23,27H,9-10H2,1-3H3. The normalized spacial score (nSPS) is 20.2. The van der Waals surface area contributed by atoms with E-state index in [9.17, 15) is 10.1 Å². The topological polar surface area (TPSA) is 80.6 Å². The Morgan fingerprint density at radius 2 is 1.65 bits per heavy atom. The molecule has 0 bridgehead atoms. The van der Waals surface area contributed by atoms with Crippen molar-refractivity contribution >= 4 is 5.78 Å². The van der Waals surface area contributed by atoms with Gasteiger partial charge in [0.05, 0.1) is 38.9 Å². The van der Waals surface area contributed by atoms with E-state index in [1.54, 1.807) is 27.5 Å². The van der Waals surface area contributed by atoms with E-state index in [0.29, 0.717) is 41.2 Å². The SMILES string of the molecule is COc1cc(C2C(C#N)=CNC3=C2C(=O)CC(c2ccccc2)C3)cc(OC)c1OC. The molecule has 2 unspecified atom stereocenters. The average molecular weight is 416 g/mol. The summed E-state index contributed by atoms with van der Waals surface area (Å²) < 4.78 is 16.4. The first-order valence-corrected chi connectivity index (χ1v) is 10.1. The number of rotatable bonds is 5. The smallest absolute Gasteiger partial charge is 0.203 e. The van der Waals surface area contributed by atoms with Gasteiger partial charge in [0, 0.05) is 23.9 Å². The van der Waals surface area contributed by atoms with E-state index >= 15 is 0 Å². The highest BCUT2D eigenvalue weighted by Gasteiger charge is 2.38. The molecule has 31 heavy (non-hydrogen) atoms. The van der Waals surface area contributed by atoms with Gasteiger partial charge in [-0.2, -0.15) is 5.26 Å². The van der Waals surface area contributed by atoms with Gasteiger partial charge in [-0.1, -0.05) is 30.3 Å². The van der Waals surface area contributed by atoms with Crippen LogP contribution in [-0.4, -0.2) is 27.1 Å². The number of benzene rings is 2. The van der Waals surface area contributed by atoms with Gasteiger partial charge in [-0.25, -0.2) is 0 Å². The van der Waals surface area contributed by atoms with Crippen LogP contribution in [0.3, 0.4) is 0 Å². The molecule has 2 aromatic carbocycles. The quantitative estimate of drug-likeness (QED) is 0.787. The minimum absolute atomic E-state index is 0.0437. The molecule has 0 aromatic heterocycles. The van der Waals surface area contributed by atoms with E-state index in [1.165, 1.54) is 0 Å². The van der Waals surface area contributed by atoms with Crippen LogP contribution in [0, 0.1) is 11.3 Å². The number of dihydropyridines is 1. The molecular weight excluding hydrogens is 392 g/mol. The number of Topliss-reactive ketones (excluding diaryl/α,β-unsaturated/α-hetero) is 1. The van der Waals surface area contributed by atoms with Crippen molar-refractivity contribution in [1.29, 1.82) is 5.26 Å². The monoisotopic (exact) mass is 416 g/mol. The average Bonchev–Trinajstić information content (AvgIpc) is 2.82. The minimum atomic E-state index is -0.487. The molecule has 6 heteroatoms. The third kappa shape index (κ3) is 3.64. The Bertz CT molecular complexity index is 1090. The summed E-state index contributed by atoms with van der Waals surface area (Å²) in [6.45, 7) is 0. The second-order valence-electron chi connectivity index (χ2n) is 7.58. The van der Waals surface area contributed by atoms with Gasteiger partial charge in [0.15, 0.2) is 17.3 Å². The zero-order valence-corrected chi connectivity index (χ0v) is 17.8. The van der Waals surface area contributed by atoms with Crippen molar-refractivity contribution in [3.63, 3.8) is 0 Å². The maximum Gasteiger partial charge on any atom is 0.203 e. The molecule has 0 saturated carbocycles. The van der Waals surface area contributed by atoms with E-state index in [2.05, 4.69) is 23.5 Å². The Morgan fingerprint density at radius 3 is 2.23 bits per heavy atom. The number of nitrogens with one attached hydrogen (secondary N) is 1. The predicted octanol–water partition coefficient (Wildman–Crippen LogP) is 4.21. The van der Waals surface area contributed by atoms with Crippen LogP contribution in [0.4, 0.5) is 0 Å². The minimum Gasteiger partial charge on any atom is -0.493 e. The molecule has 0 spiro atoms. The third-order valence-corrected chi connectivity index (χ3v) is 5.93. The van der Waals surface area contributed by atoms with E-state index in [1.807, 2.05) is 30.3 Å². The summed E-state index contributed by atoms with van der Waals surface area (Å²) in [7, 11) is 4.64. The molecule has 1 aliphatic heterocycles. The molecule has 1 N–H and O–H groups in total. The van der Waals surface area contributed by atoms with E-state index in [4.69, 9.17) is 14.2 Å². The zero-order valence-electron chi connectivity index (χ0n) is 17.8. The molecule has 0 radical (unpaired) electrons. The number of ketones is 1. The number of hydrogen-bond acceptors (Lipinski definition) is 6. The first-order chi connectivity index (χ1) is 15.1. The van der Waals surface area contributed by atoms with Gasteiger partial charge >= 0.3 is 0 Å². The fraction of sp³-hybridized carbons (Fsp3) is 0.280. The van der Waals surface area contributed by atoms with Crippen molar-refractivity contribution in [2.24, 2.45) is 0 Å². The van der Waals surface area contributed by atoms with Crippen LogP contribution >= 0.6 is 0 Å². The van der Waals surface area contributed by atoms with Crippen LogP contribution in [0.2, 0.25) is 0 Å².